The molecule has 9 aromatic carbocycles. The van der Waals surface area contributed by atoms with Crippen molar-refractivity contribution in [3.8, 4) is 55.6 Å². The lowest BCUT2D eigenvalue weighted by Crippen LogP contribution is -2.27. The summed E-state index contributed by atoms with van der Waals surface area (Å²) in [5.74, 6) is 1.78. The number of nitrogens with zero attached hydrogens (tertiary/aromatic N) is 4. The third-order valence-corrected chi connectivity index (χ3v) is 16.7. The molecule has 0 aliphatic heterocycles. The van der Waals surface area contributed by atoms with E-state index in [2.05, 4.69) is 270 Å². The standard InChI is InChI=1S/C72H56N4/c1-45-39-59(52-29-15-13-23-47(52)3)69(73-43-45)75(49-25-9-7-10-26-49)51-37-38-56-58-42-65-66(57-33-19-22-36-63(57)72(65)61-34-20-17-31-54(61)55-32-18-21-35-62(55)72)68(67(58)71(5,6)64(56)41-51)76(50-27-11-8-12-28-50)70-60(40-46(2)44-74-70)53-30-16-14-24-48(53)4/h7-44H,1-6H3. The van der Waals surface area contributed by atoms with Crippen LogP contribution in [0.25, 0.3) is 55.6 Å². The fourth-order valence-electron chi connectivity index (χ4n) is 13.4. The van der Waals surface area contributed by atoms with Crippen LogP contribution in [-0.2, 0) is 10.8 Å². The molecule has 11 aromatic rings. The molecule has 4 heteroatoms. The monoisotopic (exact) mass is 976 g/mol. The predicted octanol–water partition coefficient (Wildman–Crippen LogP) is 18.6. The maximum Gasteiger partial charge on any atom is 0.145 e. The highest BCUT2D eigenvalue weighted by Crippen LogP contribution is 2.68. The van der Waals surface area contributed by atoms with Gasteiger partial charge < -0.3 is 0 Å². The van der Waals surface area contributed by atoms with E-state index in [0.717, 1.165) is 62.2 Å². The van der Waals surface area contributed by atoms with Crippen LogP contribution in [0.4, 0.5) is 34.4 Å². The number of aromatic nitrogens is 2. The molecule has 3 aliphatic carbocycles. The Morgan fingerprint density at radius 2 is 0.763 bits per heavy atom. The molecule has 0 N–H and O–H groups in total. The first-order valence-electron chi connectivity index (χ1n) is 26.6. The number of hydrogen-bond donors (Lipinski definition) is 0. The van der Waals surface area contributed by atoms with Gasteiger partial charge in [-0.3, -0.25) is 9.80 Å². The second-order valence-corrected chi connectivity index (χ2v) is 21.6. The molecule has 0 amide bonds. The van der Waals surface area contributed by atoms with Crippen molar-refractivity contribution in [3.05, 3.63) is 286 Å². The van der Waals surface area contributed by atoms with Gasteiger partial charge in [0.2, 0.25) is 0 Å². The van der Waals surface area contributed by atoms with Crippen molar-refractivity contribution in [2.45, 2.75) is 52.4 Å². The molecule has 0 bridgehead atoms. The quantitative estimate of drug-likeness (QED) is 0.152. The largest absolute Gasteiger partial charge is 0.295 e. The summed E-state index contributed by atoms with van der Waals surface area (Å²) in [6.07, 6.45) is 4.05. The van der Waals surface area contributed by atoms with Crippen molar-refractivity contribution in [1.82, 2.24) is 9.97 Å². The van der Waals surface area contributed by atoms with Gasteiger partial charge in [0, 0.05) is 51.6 Å². The van der Waals surface area contributed by atoms with Crippen molar-refractivity contribution >= 4 is 34.4 Å². The van der Waals surface area contributed by atoms with Gasteiger partial charge in [-0.05, 0) is 177 Å². The summed E-state index contributed by atoms with van der Waals surface area (Å²) in [6.45, 7) is 13.6. The van der Waals surface area contributed by atoms with Crippen molar-refractivity contribution in [1.29, 1.82) is 0 Å². The Morgan fingerprint density at radius 3 is 1.30 bits per heavy atom. The van der Waals surface area contributed by atoms with E-state index in [1.165, 1.54) is 83.5 Å². The third-order valence-electron chi connectivity index (χ3n) is 16.7. The molecule has 0 unspecified atom stereocenters. The lowest BCUT2D eigenvalue weighted by Gasteiger charge is -2.36. The molecule has 4 nitrogen and oxygen atoms in total. The lowest BCUT2D eigenvalue weighted by molar-refractivity contribution is 0.660. The number of benzene rings is 9. The van der Waals surface area contributed by atoms with Crippen LogP contribution in [0.3, 0.4) is 0 Å². The van der Waals surface area contributed by atoms with Crippen LogP contribution in [0.2, 0.25) is 0 Å². The first kappa shape index (κ1) is 45.5. The number of hydrogen-bond acceptors (Lipinski definition) is 4. The molecule has 0 saturated carbocycles. The smallest absolute Gasteiger partial charge is 0.145 e. The average molecular weight is 977 g/mol. The van der Waals surface area contributed by atoms with Gasteiger partial charge in [-0.15, -0.1) is 0 Å². The summed E-state index contributed by atoms with van der Waals surface area (Å²) in [4.78, 5) is 15.8. The van der Waals surface area contributed by atoms with E-state index in [1.807, 2.05) is 12.4 Å². The highest BCUT2D eigenvalue weighted by molar-refractivity contribution is 6.07. The summed E-state index contributed by atoms with van der Waals surface area (Å²) in [6, 6.07) is 81.0. The summed E-state index contributed by atoms with van der Waals surface area (Å²) in [5.41, 5.74) is 27.6. The first-order chi connectivity index (χ1) is 37.1. The zero-order valence-corrected chi connectivity index (χ0v) is 43.7. The second-order valence-electron chi connectivity index (χ2n) is 21.6. The fourth-order valence-corrected chi connectivity index (χ4v) is 13.4. The van der Waals surface area contributed by atoms with Crippen LogP contribution in [0.1, 0.15) is 69.5 Å². The van der Waals surface area contributed by atoms with Gasteiger partial charge in [0.15, 0.2) is 0 Å². The van der Waals surface area contributed by atoms with Gasteiger partial charge in [-0.1, -0.05) is 178 Å². The maximum absolute atomic E-state index is 5.58. The van der Waals surface area contributed by atoms with E-state index in [9.17, 15) is 0 Å². The van der Waals surface area contributed by atoms with Crippen LogP contribution in [0.15, 0.2) is 231 Å². The molecule has 364 valence electrons. The minimum atomic E-state index is -0.592. The molecule has 14 rings (SSSR count). The summed E-state index contributed by atoms with van der Waals surface area (Å²) >= 11 is 0. The molecule has 0 atom stereocenters. The van der Waals surface area contributed by atoms with Gasteiger partial charge in [0.25, 0.3) is 0 Å². The molecule has 0 fully saturated rings. The third kappa shape index (κ3) is 6.56. The van der Waals surface area contributed by atoms with Crippen molar-refractivity contribution < 1.29 is 0 Å². The molecule has 3 aliphatic rings. The predicted molar refractivity (Wildman–Crippen MR) is 315 cm³/mol. The molecular formula is C72H56N4. The van der Waals surface area contributed by atoms with Gasteiger partial charge in [-0.25, -0.2) is 9.97 Å². The van der Waals surface area contributed by atoms with Gasteiger partial charge >= 0.3 is 0 Å². The van der Waals surface area contributed by atoms with Crippen LogP contribution >= 0.6 is 0 Å². The zero-order chi connectivity index (χ0) is 51.5. The SMILES string of the molecule is Cc1cnc(N(c2ccccc2)c2ccc3c(c2)C(C)(C)c2c-3cc3c(c2N(c2ccccc2)c2ncc(C)cc2-c2ccccc2C)-c2ccccc2C32c3ccccc3-c3ccccc32)c(-c2ccccc2C)c1. The van der Waals surface area contributed by atoms with Gasteiger partial charge in [0.05, 0.1) is 11.1 Å². The Bertz CT molecular complexity index is 4110. The van der Waals surface area contributed by atoms with Crippen molar-refractivity contribution in [2.75, 3.05) is 9.80 Å². The minimum Gasteiger partial charge on any atom is -0.295 e. The molecule has 2 aromatic heterocycles. The van der Waals surface area contributed by atoms with Crippen LogP contribution in [0.5, 0.6) is 0 Å². The molecular weight excluding hydrogens is 921 g/mol. The molecule has 0 radical (unpaired) electrons. The Kier molecular flexibility index (Phi) is 10.3. The van der Waals surface area contributed by atoms with Gasteiger partial charge in [-0.2, -0.15) is 0 Å². The van der Waals surface area contributed by atoms with Crippen molar-refractivity contribution in [3.63, 3.8) is 0 Å². The minimum absolute atomic E-state index is 0.524. The van der Waals surface area contributed by atoms with E-state index in [1.54, 1.807) is 0 Å². The molecule has 0 saturated heterocycles. The lowest BCUT2D eigenvalue weighted by atomic mass is 9.69. The van der Waals surface area contributed by atoms with E-state index in [4.69, 9.17) is 9.97 Å². The van der Waals surface area contributed by atoms with Crippen molar-refractivity contribution in [2.24, 2.45) is 0 Å². The maximum atomic E-state index is 5.58. The van der Waals surface area contributed by atoms with E-state index in [-0.39, 0.29) is 0 Å². The average Bonchev–Trinajstić information content (AvgIpc) is 4.02. The van der Waals surface area contributed by atoms with Crippen LogP contribution in [-0.4, -0.2) is 9.97 Å². The first-order valence-corrected chi connectivity index (χ1v) is 26.6. The number of rotatable bonds is 8. The Balaban J connectivity index is 1.11. The highest BCUT2D eigenvalue weighted by Gasteiger charge is 2.55. The number of para-hydroxylation sites is 2. The molecule has 1 spiro atoms. The number of anilines is 6. The number of fused-ring (bicyclic) bond motifs is 13. The fraction of sp³-hybridized carbons (Fsp3) is 0.111. The van der Waals surface area contributed by atoms with Gasteiger partial charge in [0.1, 0.15) is 11.6 Å². The zero-order valence-electron chi connectivity index (χ0n) is 43.7. The van der Waals surface area contributed by atoms with E-state index < -0.39 is 10.8 Å². The van der Waals surface area contributed by atoms with E-state index in [0.29, 0.717) is 0 Å². The Hall–Kier alpha value is -9.12. The summed E-state index contributed by atoms with van der Waals surface area (Å²) < 4.78 is 0. The Labute approximate surface area is 446 Å². The van der Waals surface area contributed by atoms with Crippen LogP contribution in [0, 0.1) is 27.7 Å². The molecule has 2 heterocycles. The topological polar surface area (TPSA) is 32.3 Å². The highest BCUT2D eigenvalue weighted by atomic mass is 15.2. The number of pyridine rings is 2. The normalized spacial score (nSPS) is 13.6. The Morgan fingerprint density at radius 1 is 0.329 bits per heavy atom. The summed E-state index contributed by atoms with van der Waals surface area (Å²) in [5, 5.41) is 0. The second kappa shape index (κ2) is 17.2. The van der Waals surface area contributed by atoms with E-state index >= 15 is 0 Å². The van der Waals surface area contributed by atoms with Crippen LogP contribution < -0.4 is 9.80 Å². The summed E-state index contributed by atoms with van der Waals surface area (Å²) in [7, 11) is 0. The molecule has 76 heavy (non-hydrogen) atoms. The number of aryl methyl sites for hydroxylation is 4.